The Hall–Kier alpha value is -2.37. The van der Waals surface area contributed by atoms with E-state index in [1.165, 1.54) is 7.11 Å². The number of carbonyl (C=O) groups is 3. The third kappa shape index (κ3) is 3.40. The van der Waals surface area contributed by atoms with Crippen molar-refractivity contribution in [3.05, 3.63) is 35.4 Å². The molecule has 0 heterocycles. The van der Waals surface area contributed by atoms with Gasteiger partial charge in [0.25, 0.3) is 0 Å². The first-order valence-electron chi connectivity index (χ1n) is 9.96. The van der Waals surface area contributed by atoms with Crippen molar-refractivity contribution in [3.63, 3.8) is 0 Å². The first kappa shape index (κ1) is 19.0. The molecule has 150 valence electrons. The van der Waals surface area contributed by atoms with E-state index in [4.69, 9.17) is 9.47 Å². The van der Waals surface area contributed by atoms with Crippen molar-refractivity contribution in [2.45, 2.75) is 57.6 Å². The highest BCUT2D eigenvalue weighted by molar-refractivity contribution is 5.89. The van der Waals surface area contributed by atoms with Gasteiger partial charge in [0, 0.05) is 12.5 Å². The third-order valence-corrected chi connectivity index (χ3v) is 6.65. The monoisotopic (exact) mass is 385 g/mol. The number of hydrogen-bond donors (Lipinski definition) is 1. The highest BCUT2D eigenvalue weighted by Crippen LogP contribution is 2.62. The lowest BCUT2D eigenvalue weighted by Crippen LogP contribution is -2.64. The van der Waals surface area contributed by atoms with Crippen LogP contribution in [0, 0.1) is 17.3 Å². The summed E-state index contributed by atoms with van der Waals surface area (Å²) in [5.74, 6) is 0.350. The number of methoxy groups -OCH3 is 1. The van der Waals surface area contributed by atoms with E-state index in [9.17, 15) is 14.4 Å². The molecule has 6 heteroatoms. The Bertz CT molecular complexity index is 803. The van der Waals surface area contributed by atoms with Crippen molar-refractivity contribution >= 4 is 17.8 Å². The molecular weight excluding hydrogens is 358 g/mol. The van der Waals surface area contributed by atoms with Crippen molar-refractivity contribution < 1.29 is 23.9 Å². The molecule has 0 saturated heterocycles. The minimum Gasteiger partial charge on any atom is -0.465 e. The fourth-order valence-electron chi connectivity index (χ4n) is 6.23. The quantitative estimate of drug-likeness (QED) is 0.788. The van der Waals surface area contributed by atoms with E-state index in [0.717, 1.165) is 37.7 Å². The molecule has 1 aromatic rings. The van der Waals surface area contributed by atoms with E-state index in [-0.39, 0.29) is 24.0 Å². The van der Waals surface area contributed by atoms with Crippen LogP contribution in [0.2, 0.25) is 0 Å². The molecule has 6 nitrogen and oxygen atoms in total. The van der Waals surface area contributed by atoms with Crippen LogP contribution in [-0.4, -0.2) is 30.5 Å². The molecule has 2 unspecified atom stereocenters. The number of ether oxygens (including phenoxy) is 2. The van der Waals surface area contributed by atoms with Crippen molar-refractivity contribution in [3.8, 4) is 0 Å². The Morgan fingerprint density at radius 1 is 1.14 bits per heavy atom. The number of amides is 1. The SMILES string of the molecule is COC(=O)c1cccc(COC(=O)C23C[C@@H]4C[C@@H](CC(NC(C)=O)(C4)C2)C3)c1. The summed E-state index contributed by atoms with van der Waals surface area (Å²) in [6.45, 7) is 1.69. The maximum absolute atomic E-state index is 13.1. The second-order valence-corrected chi connectivity index (χ2v) is 8.97. The summed E-state index contributed by atoms with van der Waals surface area (Å²) in [6.07, 6.45) is 5.47. The summed E-state index contributed by atoms with van der Waals surface area (Å²) in [6, 6.07) is 6.95. The van der Waals surface area contributed by atoms with Gasteiger partial charge in [0.2, 0.25) is 5.91 Å². The van der Waals surface area contributed by atoms with Gasteiger partial charge in [-0.1, -0.05) is 12.1 Å². The second-order valence-electron chi connectivity index (χ2n) is 8.97. The van der Waals surface area contributed by atoms with E-state index >= 15 is 0 Å². The van der Waals surface area contributed by atoms with Crippen LogP contribution in [0.3, 0.4) is 0 Å². The molecule has 4 atom stereocenters. The molecule has 1 N–H and O–H groups in total. The minimum atomic E-state index is -0.494. The average Bonchev–Trinajstić information content (AvgIpc) is 2.63. The van der Waals surface area contributed by atoms with E-state index in [1.54, 1.807) is 25.1 Å². The number of nitrogens with one attached hydrogen (secondary N) is 1. The van der Waals surface area contributed by atoms with Crippen LogP contribution in [0.25, 0.3) is 0 Å². The van der Waals surface area contributed by atoms with Gasteiger partial charge in [-0.15, -0.1) is 0 Å². The van der Waals surface area contributed by atoms with Crippen molar-refractivity contribution in [2.24, 2.45) is 17.3 Å². The number of benzene rings is 1. The molecule has 4 aliphatic rings. The topological polar surface area (TPSA) is 81.7 Å². The highest BCUT2D eigenvalue weighted by atomic mass is 16.5. The number of esters is 2. The fourth-order valence-corrected chi connectivity index (χ4v) is 6.23. The van der Waals surface area contributed by atoms with Crippen LogP contribution < -0.4 is 5.32 Å². The predicted octanol–water partition coefficient (Wildman–Crippen LogP) is 2.99. The normalized spacial score (nSPS) is 32.6. The summed E-state index contributed by atoms with van der Waals surface area (Å²) >= 11 is 0. The van der Waals surface area contributed by atoms with Gasteiger partial charge in [0.05, 0.1) is 18.1 Å². The molecule has 4 fully saturated rings. The molecular formula is C22H27NO5. The number of hydrogen-bond acceptors (Lipinski definition) is 5. The Labute approximate surface area is 165 Å². The van der Waals surface area contributed by atoms with Gasteiger partial charge in [-0.05, 0) is 68.1 Å². The lowest BCUT2D eigenvalue weighted by molar-refractivity contribution is -0.177. The summed E-state index contributed by atoms with van der Waals surface area (Å²) in [5.41, 5.74) is 0.458. The molecule has 28 heavy (non-hydrogen) atoms. The lowest BCUT2D eigenvalue weighted by atomic mass is 9.47. The van der Waals surface area contributed by atoms with Crippen LogP contribution in [0.5, 0.6) is 0 Å². The van der Waals surface area contributed by atoms with E-state index in [1.807, 2.05) is 6.07 Å². The molecule has 1 amide bonds. The van der Waals surface area contributed by atoms with Crippen LogP contribution in [0.4, 0.5) is 0 Å². The van der Waals surface area contributed by atoms with Gasteiger partial charge in [-0.25, -0.2) is 4.79 Å². The maximum atomic E-state index is 13.1. The highest BCUT2D eigenvalue weighted by Gasteiger charge is 2.61. The van der Waals surface area contributed by atoms with Gasteiger partial charge in [0.1, 0.15) is 6.61 Å². The Kier molecular flexibility index (Phi) is 4.68. The van der Waals surface area contributed by atoms with Gasteiger partial charge in [0.15, 0.2) is 0 Å². The minimum absolute atomic E-state index is 0.0231. The van der Waals surface area contributed by atoms with E-state index in [2.05, 4.69) is 5.32 Å². The van der Waals surface area contributed by atoms with Gasteiger partial charge in [-0.2, -0.15) is 0 Å². The molecule has 1 aromatic carbocycles. The Morgan fingerprint density at radius 2 is 1.86 bits per heavy atom. The molecule has 0 spiro atoms. The largest absolute Gasteiger partial charge is 0.465 e. The van der Waals surface area contributed by atoms with E-state index in [0.29, 0.717) is 23.8 Å². The second kappa shape index (κ2) is 6.90. The smallest absolute Gasteiger partial charge is 0.337 e. The standard InChI is InChI=1S/C22H27NO5/c1-14(24)23-22-10-16-6-17(11-22)9-21(8-16,13-22)20(26)28-12-15-4-3-5-18(7-15)19(25)27-2/h3-5,7,16-17H,6,8-13H2,1-2H3,(H,23,24)/t16-,17+,21?,22?. The van der Waals surface area contributed by atoms with Crippen molar-refractivity contribution in [1.82, 2.24) is 5.32 Å². The Balaban J connectivity index is 1.48. The molecule has 4 saturated carbocycles. The number of carbonyl (C=O) groups excluding carboxylic acids is 3. The molecule has 4 bridgehead atoms. The molecule has 0 aliphatic heterocycles. The maximum Gasteiger partial charge on any atom is 0.337 e. The summed E-state index contributed by atoms with van der Waals surface area (Å²) in [4.78, 5) is 36.6. The van der Waals surface area contributed by atoms with Crippen molar-refractivity contribution in [1.29, 1.82) is 0 Å². The van der Waals surface area contributed by atoms with Gasteiger partial charge < -0.3 is 14.8 Å². The predicted molar refractivity (Wildman–Crippen MR) is 101 cm³/mol. The van der Waals surface area contributed by atoms with Crippen molar-refractivity contribution in [2.75, 3.05) is 7.11 Å². The summed E-state index contributed by atoms with van der Waals surface area (Å²) in [7, 11) is 1.34. The zero-order valence-corrected chi connectivity index (χ0v) is 16.5. The van der Waals surface area contributed by atoms with E-state index < -0.39 is 11.4 Å². The first-order valence-corrected chi connectivity index (χ1v) is 9.96. The van der Waals surface area contributed by atoms with Crippen LogP contribution in [0.1, 0.15) is 61.4 Å². The molecule has 4 aliphatic carbocycles. The number of rotatable bonds is 5. The third-order valence-electron chi connectivity index (χ3n) is 6.65. The molecule has 5 rings (SSSR count). The first-order chi connectivity index (χ1) is 13.3. The van der Waals surface area contributed by atoms with Gasteiger partial charge in [-0.3, -0.25) is 9.59 Å². The molecule has 0 aromatic heterocycles. The summed E-state index contributed by atoms with van der Waals surface area (Å²) < 4.78 is 10.5. The summed E-state index contributed by atoms with van der Waals surface area (Å²) in [5, 5.41) is 3.17. The zero-order chi connectivity index (χ0) is 19.9. The average molecular weight is 385 g/mol. The Morgan fingerprint density at radius 3 is 2.50 bits per heavy atom. The zero-order valence-electron chi connectivity index (χ0n) is 16.5. The van der Waals surface area contributed by atoms with Crippen LogP contribution in [0.15, 0.2) is 24.3 Å². The molecule has 0 radical (unpaired) electrons. The lowest BCUT2D eigenvalue weighted by Gasteiger charge is -2.60. The van der Waals surface area contributed by atoms with Crippen LogP contribution >= 0.6 is 0 Å². The van der Waals surface area contributed by atoms with Crippen LogP contribution in [-0.2, 0) is 25.7 Å². The van der Waals surface area contributed by atoms with Gasteiger partial charge >= 0.3 is 11.9 Å². The fraction of sp³-hybridized carbons (Fsp3) is 0.591.